The maximum absolute atomic E-state index is 13.3. The van der Waals surface area contributed by atoms with Crippen LogP contribution in [0.5, 0.6) is 0 Å². The average Bonchev–Trinajstić information content (AvgIpc) is 3.01. The van der Waals surface area contributed by atoms with Crippen molar-refractivity contribution in [2.24, 2.45) is 0 Å². The van der Waals surface area contributed by atoms with E-state index in [9.17, 15) is 18.0 Å². The highest BCUT2D eigenvalue weighted by Crippen LogP contribution is 2.34. The largest absolute Gasteiger partial charge is 0.434 e. The Labute approximate surface area is 150 Å². The number of nitrogens with zero attached hydrogens (tertiary/aromatic N) is 2. The predicted molar refractivity (Wildman–Crippen MR) is 91.9 cm³/mol. The Hall–Kier alpha value is -2.12. The van der Waals surface area contributed by atoms with Gasteiger partial charge in [0.15, 0.2) is 5.69 Å². The molecular formula is C17H12ClF3N2OS. The molecule has 2 heterocycles. The molecule has 3 nitrogen and oxygen atoms in total. The van der Waals surface area contributed by atoms with Gasteiger partial charge in [0.05, 0.1) is 15.8 Å². The first-order valence-electron chi connectivity index (χ1n) is 7.21. The van der Waals surface area contributed by atoms with E-state index in [-0.39, 0.29) is 12.1 Å². The summed E-state index contributed by atoms with van der Waals surface area (Å²) in [5.41, 5.74) is -0.613. The molecule has 0 radical (unpaired) electrons. The Morgan fingerprint density at radius 1 is 1.24 bits per heavy atom. The van der Waals surface area contributed by atoms with Crippen molar-refractivity contribution in [2.45, 2.75) is 12.7 Å². The number of halogens is 4. The van der Waals surface area contributed by atoms with Gasteiger partial charge >= 0.3 is 6.18 Å². The molecule has 0 saturated heterocycles. The monoisotopic (exact) mass is 384 g/mol. The second-order valence-corrected chi connectivity index (χ2v) is 6.86. The van der Waals surface area contributed by atoms with Crippen LogP contribution in [0.25, 0.3) is 10.2 Å². The van der Waals surface area contributed by atoms with E-state index in [0.717, 1.165) is 5.56 Å². The SMILES string of the molecule is CN(Cc1ccc(Cl)cc1)C(=O)c1cc2sccc2nc1C(F)(F)F. The number of alkyl halides is 3. The molecular weight excluding hydrogens is 373 g/mol. The lowest BCUT2D eigenvalue weighted by Gasteiger charge is -2.20. The molecule has 0 unspecified atom stereocenters. The van der Waals surface area contributed by atoms with E-state index in [1.54, 1.807) is 29.6 Å². The van der Waals surface area contributed by atoms with Gasteiger partial charge in [-0.15, -0.1) is 11.3 Å². The minimum Gasteiger partial charge on any atom is -0.337 e. The number of thiophene rings is 1. The number of carbonyl (C=O) groups is 1. The summed E-state index contributed by atoms with van der Waals surface area (Å²) >= 11 is 7.05. The molecule has 0 saturated carbocycles. The zero-order valence-electron chi connectivity index (χ0n) is 13.0. The highest BCUT2D eigenvalue weighted by Gasteiger charge is 2.38. The van der Waals surface area contributed by atoms with Gasteiger partial charge in [0.25, 0.3) is 5.91 Å². The molecule has 1 aromatic carbocycles. The van der Waals surface area contributed by atoms with Crippen LogP contribution in [0.2, 0.25) is 5.02 Å². The quantitative estimate of drug-likeness (QED) is 0.618. The lowest BCUT2D eigenvalue weighted by molar-refractivity contribution is -0.141. The van der Waals surface area contributed by atoms with E-state index in [0.29, 0.717) is 9.72 Å². The van der Waals surface area contributed by atoms with Crippen LogP contribution in [0.1, 0.15) is 21.6 Å². The minimum atomic E-state index is -4.71. The van der Waals surface area contributed by atoms with Crippen molar-refractivity contribution in [3.63, 3.8) is 0 Å². The maximum Gasteiger partial charge on any atom is 0.434 e. The molecule has 0 aliphatic heterocycles. The van der Waals surface area contributed by atoms with Gasteiger partial charge in [0.2, 0.25) is 0 Å². The lowest BCUT2D eigenvalue weighted by Crippen LogP contribution is -2.29. The fraction of sp³-hybridized carbons (Fsp3) is 0.176. The summed E-state index contributed by atoms with van der Waals surface area (Å²) in [4.78, 5) is 17.5. The summed E-state index contributed by atoms with van der Waals surface area (Å²) in [7, 11) is 1.45. The summed E-state index contributed by atoms with van der Waals surface area (Å²) in [5.74, 6) is -0.731. The smallest absolute Gasteiger partial charge is 0.337 e. The van der Waals surface area contributed by atoms with Crippen LogP contribution < -0.4 is 0 Å². The number of benzene rings is 1. The molecule has 3 aromatic rings. The Morgan fingerprint density at radius 2 is 1.92 bits per heavy atom. The normalized spacial score (nSPS) is 11.7. The molecule has 130 valence electrons. The van der Waals surface area contributed by atoms with Crippen molar-refractivity contribution in [1.29, 1.82) is 0 Å². The van der Waals surface area contributed by atoms with Crippen molar-refractivity contribution >= 4 is 39.1 Å². The van der Waals surface area contributed by atoms with Crippen molar-refractivity contribution in [2.75, 3.05) is 7.05 Å². The fourth-order valence-electron chi connectivity index (χ4n) is 2.41. The van der Waals surface area contributed by atoms with Crippen LogP contribution in [-0.2, 0) is 12.7 Å². The number of hydrogen-bond acceptors (Lipinski definition) is 3. The third-order valence-corrected chi connectivity index (χ3v) is 4.72. The third kappa shape index (κ3) is 3.77. The molecule has 0 N–H and O–H groups in total. The van der Waals surface area contributed by atoms with Gasteiger partial charge in [-0.1, -0.05) is 23.7 Å². The summed E-state index contributed by atoms with van der Waals surface area (Å²) in [6.07, 6.45) is -4.71. The average molecular weight is 385 g/mol. The zero-order chi connectivity index (χ0) is 18.2. The molecule has 0 aliphatic rings. The molecule has 25 heavy (non-hydrogen) atoms. The van der Waals surface area contributed by atoms with Crippen LogP contribution in [0, 0.1) is 0 Å². The van der Waals surface area contributed by atoms with Gasteiger partial charge in [0.1, 0.15) is 0 Å². The van der Waals surface area contributed by atoms with E-state index in [4.69, 9.17) is 11.6 Å². The Bertz CT molecular complexity index is 922. The second kappa shape index (κ2) is 6.65. The molecule has 1 amide bonds. The summed E-state index contributed by atoms with van der Waals surface area (Å²) in [5, 5.41) is 2.19. The van der Waals surface area contributed by atoms with E-state index in [1.165, 1.54) is 35.4 Å². The Kier molecular flexibility index (Phi) is 4.71. The fourth-order valence-corrected chi connectivity index (χ4v) is 3.30. The van der Waals surface area contributed by atoms with Crippen LogP contribution in [0.4, 0.5) is 13.2 Å². The minimum absolute atomic E-state index is 0.162. The van der Waals surface area contributed by atoms with Crippen molar-refractivity contribution in [1.82, 2.24) is 9.88 Å². The maximum atomic E-state index is 13.3. The van der Waals surface area contributed by atoms with Gasteiger partial charge in [-0.2, -0.15) is 13.2 Å². The van der Waals surface area contributed by atoms with Crippen LogP contribution in [0.3, 0.4) is 0 Å². The topological polar surface area (TPSA) is 33.2 Å². The lowest BCUT2D eigenvalue weighted by atomic mass is 10.1. The first kappa shape index (κ1) is 17.7. The first-order chi connectivity index (χ1) is 11.8. The molecule has 2 aromatic heterocycles. The number of pyridine rings is 1. The highest BCUT2D eigenvalue weighted by molar-refractivity contribution is 7.17. The van der Waals surface area contributed by atoms with E-state index >= 15 is 0 Å². The molecule has 0 spiro atoms. The second-order valence-electron chi connectivity index (χ2n) is 5.47. The van der Waals surface area contributed by atoms with Crippen molar-refractivity contribution in [3.05, 3.63) is 63.6 Å². The Morgan fingerprint density at radius 3 is 2.56 bits per heavy atom. The van der Waals surface area contributed by atoms with E-state index < -0.39 is 23.3 Å². The highest BCUT2D eigenvalue weighted by atomic mass is 35.5. The molecule has 3 rings (SSSR count). The van der Waals surface area contributed by atoms with Gasteiger partial charge in [-0.05, 0) is 35.2 Å². The van der Waals surface area contributed by atoms with Crippen LogP contribution >= 0.6 is 22.9 Å². The van der Waals surface area contributed by atoms with Crippen molar-refractivity contribution in [3.8, 4) is 0 Å². The van der Waals surface area contributed by atoms with Gasteiger partial charge in [-0.3, -0.25) is 4.79 Å². The molecule has 0 fully saturated rings. The molecule has 0 aliphatic carbocycles. The Balaban J connectivity index is 1.96. The van der Waals surface area contributed by atoms with Gasteiger partial charge in [0, 0.05) is 18.6 Å². The van der Waals surface area contributed by atoms with Gasteiger partial charge < -0.3 is 4.90 Å². The first-order valence-corrected chi connectivity index (χ1v) is 8.47. The zero-order valence-corrected chi connectivity index (χ0v) is 14.5. The number of aromatic nitrogens is 1. The number of amides is 1. The van der Waals surface area contributed by atoms with Crippen molar-refractivity contribution < 1.29 is 18.0 Å². The number of hydrogen-bond donors (Lipinski definition) is 0. The molecule has 0 bridgehead atoms. The number of rotatable bonds is 3. The molecule has 8 heteroatoms. The molecule has 0 atom stereocenters. The summed E-state index contributed by atoms with van der Waals surface area (Å²) in [6.45, 7) is 0.162. The van der Waals surface area contributed by atoms with E-state index in [1.807, 2.05) is 0 Å². The summed E-state index contributed by atoms with van der Waals surface area (Å²) in [6, 6.07) is 9.53. The number of fused-ring (bicyclic) bond motifs is 1. The standard InChI is InChI=1S/C17H12ClF3N2OS/c1-23(9-10-2-4-11(18)5-3-10)16(24)12-8-14-13(6-7-25-14)22-15(12)17(19,20)21/h2-8H,9H2,1H3. The number of carbonyl (C=O) groups excluding carboxylic acids is 1. The summed E-state index contributed by atoms with van der Waals surface area (Å²) < 4.78 is 40.5. The van der Waals surface area contributed by atoms with Crippen LogP contribution in [0.15, 0.2) is 41.8 Å². The third-order valence-electron chi connectivity index (χ3n) is 3.61. The van der Waals surface area contributed by atoms with Crippen LogP contribution in [-0.4, -0.2) is 22.8 Å². The van der Waals surface area contributed by atoms with E-state index in [2.05, 4.69) is 4.98 Å². The predicted octanol–water partition coefficient (Wildman–Crippen LogP) is 5.24. The van der Waals surface area contributed by atoms with Gasteiger partial charge in [-0.25, -0.2) is 4.98 Å².